The first-order valence-electron chi connectivity index (χ1n) is 5.79. The molecule has 1 heterocycles. The first kappa shape index (κ1) is 14.5. The molecule has 0 saturated carbocycles. The van der Waals surface area contributed by atoms with E-state index in [4.69, 9.17) is 10.4 Å². The van der Waals surface area contributed by atoms with Crippen molar-refractivity contribution < 1.29 is 17.7 Å². The van der Waals surface area contributed by atoms with Crippen LogP contribution in [0, 0.1) is 6.92 Å². The fraction of sp³-hybridized carbons (Fsp3) is 0.333. The molecule has 20 heavy (non-hydrogen) atoms. The van der Waals surface area contributed by atoms with Gasteiger partial charge in [-0.1, -0.05) is 23.4 Å². The number of benzene rings is 1. The molecule has 0 atom stereocenters. The van der Waals surface area contributed by atoms with Crippen LogP contribution in [0.1, 0.15) is 11.5 Å². The monoisotopic (exact) mass is 286 g/mol. The summed E-state index contributed by atoms with van der Waals surface area (Å²) in [4.78, 5) is 4.06. The van der Waals surface area contributed by atoms with Gasteiger partial charge in [0.15, 0.2) is 0 Å². The summed E-state index contributed by atoms with van der Waals surface area (Å²) in [7, 11) is 0. The molecule has 2 aromatic rings. The van der Waals surface area contributed by atoms with E-state index in [0.29, 0.717) is 27.9 Å². The maximum Gasteiger partial charge on any atom is 0.402 e. The highest BCUT2D eigenvalue weighted by Crippen LogP contribution is 2.19. The summed E-state index contributed by atoms with van der Waals surface area (Å²) in [5.41, 5.74) is 1.30. The van der Waals surface area contributed by atoms with E-state index in [1.54, 1.807) is 31.2 Å². The maximum absolute atomic E-state index is 12.2. The lowest BCUT2D eigenvalue weighted by Crippen LogP contribution is -2.38. The Balaban J connectivity index is 2.10. The van der Waals surface area contributed by atoms with Crippen molar-refractivity contribution in [3.63, 3.8) is 0 Å². The summed E-state index contributed by atoms with van der Waals surface area (Å²) in [6.07, 6.45) is -4.32. The average molecular weight is 286 g/mol. The number of hydrazine groups is 1. The molecule has 0 fully saturated rings. The van der Waals surface area contributed by atoms with Gasteiger partial charge in [-0.3, -0.25) is 5.84 Å². The van der Waals surface area contributed by atoms with E-state index >= 15 is 0 Å². The fourth-order valence-electron chi connectivity index (χ4n) is 1.75. The van der Waals surface area contributed by atoms with Crippen LogP contribution in [0.25, 0.3) is 11.4 Å². The molecule has 0 bridgehead atoms. The predicted molar refractivity (Wildman–Crippen MR) is 65.1 cm³/mol. The average Bonchev–Trinajstić information content (AvgIpc) is 2.73. The van der Waals surface area contributed by atoms with Crippen molar-refractivity contribution in [3.05, 3.63) is 35.7 Å². The number of halogens is 3. The van der Waals surface area contributed by atoms with Gasteiger partial charge in [0, 0.05) is 19.0 Å². The van der Waals surface area contributed by atoms with Crippen molar-refractivity contribution in [1.82, 2.24) is 15.1 Å². The standard InChI is InChI=1S/C12H13F3N4O/c1-8-17-11(18-20-8)10-4-2-3-9(5-10)6-19(16)7-12(13,14)15/h2-5H,6-7,16H2,1H3. The van der Waals surface area contributed by atoms with Crippen LogP contribution in [0.3, 0.4) is 0 Å². The lowest BCUT2D eigenvalue weighted by atomic mass is 10.1. The zero-order valence-electron chi connectivity index (χ0n) is 10.7. The molecule has 0 aliphatic carbocycles. The molecule has 5 nitrogen and oxygen atoms in total. The van der Waals surface area contributed by atoms with E-state index in [1.165, 1.54) is 0 Å². The van der Waals surface area contributed by atoms with Crippen LogP contribution >= 0.6 is 0 Å². The van der Waals surface area contributed by atoms with Crippen LogP contribution in [-0.4, -0.2) is 27.9 Å². The molecule has 0 aliphatic rings. The topological polar surface area (TPSA) is 68.2 Å². The first-order valence-corrected chi connectivity index (χ1v) is 5.79. The SMILES string of the molecule is Cc1nc(-c2cccc(CN(N)CC(F)(F)F)c2)no1. The van der Waals surface area contributed by atoms with Crippen molar-refractivity contribution in [2.24, 2.45) is 5.84 Å². The molecule has 1 aromatic heterocycles. The van der Waals surface area contributed by atoms with Crippen LogP contribution < -0.4 is 5.84 Å². The number of hydrogen-bond acceptors (Lipinski definition) is 5. The van der Waals surface area contributed by atoms with E-state index in [0.717, 1.165) is 0 Å². The molecule has 108 valence electrons. The van der Waals surface area contributed by atoms with Crippen molar-refractivity contribution in [3.8, 4) is 11.4 Å². The minimum absolute atomic E-state index is 0.0236. The van der Waals surface area contributed by atoms with Gasteiger partial charge in [0.1, 0.15) is 6.54 Å². The van der Waals surface area contributed by atoms with Gasteiger partial charge in [-0.25, -0.2) is 5.01 Å². The fourth-order valence-corrected chi connectivity index (χ4v) is 1.75. The summed E-state index contributed by atoms with van der Waals surface area (Å²) >= 11 is 0. The summed E-state index contributed by atoms with van der Waals surface area (Å²) in [5.74, 6) is 6.16. The summed E-state index contributed by atoms with van der Waals surface area (Å²) in [5, 5.41) is 4.46. The third kappa shape index (κ3) is 4.04. The van der Waals surface area contributed by atoms with Crippen LogP contribution in [0.5, 0.6) is 0 Å². The summed E-state index contributed by atoms with van der Waals surface area (Å²) < 4.78 is 41.5. The molecule has 0 amide bonds. The molecule has 8 heteroatoms. The van der Waals surface area contributed by atoms with Crippen molar-refractivity contribution >= 4 is 0 Å². The molecule has 0 unspecified atom stereocenters. The summed E-state index contributed by atoms with van der Waals surface area (Å²) in [6.45, 7) is 0.466. The molecule has 1 aromatic carbocycles. The third-order valence-electron chi connectivity index (χ3n) is 2.48. The van der Waals surface area contributed by atoms with Crippen molar-refractivity contribution in [1.29, 1.82) is 0 Å². The van der Waals surface area contributed by atoms with E-state index in [-0.39, 0.29) is 6.54 Å². The molecule has 0 spiro atoms. The second-order valence-corrected chi connectivity index (χ2v) is 4.36. The highest BCUT2D eigenvalue weighted by Gasteiger charge is 2.29. The van der Waals surface area contributed by atoms with Crippen LogP contribution in [0.15, 0.2) is 28.8 Å². The Hall–Kier alpha value is -1.93. The molecule has 0 aliphatic heterocycles. The Labute approximate surface area is 113 Å². The zero-order chi connectivity index (χ0) is 14.8. The second kappa shape index (κ2) is 5.59. The predicted octanol–water partition coefficient (Wildman–Crippen LogP) is 2.28. The largest absolute Gasteiger partial charge is 0.402 e. The minimum atomic E-state index is -4.32. The number of nitrogens with two attached hydrogens (primary N) is 1. The lowest BCUT2D eigenvalue weighted by Gasteiger charge is -2.18. The number of nitrogens with zero attached hydrogens (tertiary/aromatic N) is 3. The molecular formula is C12H13F3N4O. The van der Waals surface area contributed by atoms with Gasteiger partial charge in [-0.05, 0) is 11.6 Å². The summed E-state index contributed by atoms with van der Waals surface area (Å²) in [6, 6.07) is 6.82. The Morgan fingerprint density at radius 2 is 2.10 bits per heavy atom. The van der Waals surface area contributed by atoms with E-state index in [1.807, 2.05) is 0 Å². The molecule has 2 N–H and O–H groups in total. The minimum Gasteiger partial charge on any atom is -0.339 e. The molecule has 0 radical (unpaired) electrons. The van der Waals surface area contributed by atoms with Crippen LogP contribution in [0.2, 0.25) is 0 Å². The number of aryl methyl sites for hydroxylation is 1. The van der Waals surface area contributed by atoms with E-state index in [9.17, 15) is 13.2 Å². The van der Waals surface area contributed by atoms with Gasteiger partial charge in [0.2, 0.25) is 11.7 Å². The van der Waals surface area contributed by atoms with Gasteiger partial charge < -0.3 is 4.52 Å². The highest BCUT2D eigenvalue weighted by atomic mass is 19.4. The Kier molecular flexibility index (Phi) is 4.05. The van der Waals surface area contributed by atoms with E-state index in [2.05, 4.69) is 10.1 Å². The highest BCUT2D eigenvalue weighted by molar-refractivity contribution is 5.55. The molecule has 2 rings (SSSR count). The van der Waals surface area contributed by atoms with Gasteiger partial charge in [-0.15, -0.1) is 0 Å². The van der Waals surface area contributed by atoms with Crippen LogP contribution in [0.4, 0.5) is 13.2 Å². The number of hydrogen-bond donors (Lipinski definition) is 1. The third-order valence-corrected chi connectivity index (χ3v) is 2.48. The Bertz CT molecular complexity index is 582. The molecule has 0 saturated heterocycles. The Morgan fingerprint density at radius 3 is 2.70 bits per heavy atom. The normalized spacial score (nSPS) is 12.1. The van der Waals surface area contributed by atoms with Gasteiger partial charge in [0.05, 0.1) is 0 Å². The smallest absolute Gasteiger partial charge is 0.339 e. The van der Waals surface area contributed by atoms with Crippen molar-refractivity contribution in [2.45, 2.75) is 19.6 Å². The van der Waals surface area contributed by atoms with Gasteiger partial charge in [0.25, 0.3) is 0 Å². The molecular weight excluding hydrogens is 273 g/mol. The van der Waals surface area contributed by atoms with E-state index < -0.39 is 12.7 Å². The zero-order valence-corrected chi connectivity index (χ0v) is 10.7. The quantitative estimate of drug-likeness (QED) is 0.690. The number of alkyl halides is 3. The number of rotatable bonds is 4. The maximum atomic E-state index is 12.2. The Morgan fingerprint density at radius 1 is 1.35 bits per heavy atom. The second-order valence-electron chi connectivity index (χ2n) is 4.36. The lowest BCUT2D eigenvalue weighted by molar-refractivity contribution is -0.147. The number of aromatic nitrogens is 2. The first-order chi connectivity index (χ1) is 9.33. The van der Waals surface area contributed by atoms with Gasteiger partial charge >= 0.3 is 6.18 Å². The van der Waals surface area contributed by atoms with Crippen molar-refractivity contribution in [2.75, 3.05) is 6.54 Å². The van der Waals surface area contributed by atoms with Gasteiger partial charge in [-0.2, -0.15) is 18.2 Å². The van der Waals surface area contributed by atoms with Crippen LogP contribution in [-0.2, 0) is 6.54 Å².